The number of imidazole rings is 1. The highest BCUT2D eigenvalue weighted by molar-refractivity contribution is 6.32. The summed E-state index contributed by atoms with van der Waals surface area (Å²) in [5, 5.41) is 11.6. The largest absolute Gasteiger partial charge is 0.491 e. The Bertz CT molecular complexity index is 1160. The lowest BCUT2D eigenvalue weighted by Gasteiger charge is -2.32. The number of fused-ring (bicyclic) bond motifs is 1. The lowest BCUT2D eigenvalue weighted by atomic mass is 10.1. The summed E-state index contributed by atoms with van der Waals surface area (Å²) < 4.78 is 7.93. The summed E-state index contributed by atoms with van der Waals surface area (Å²) in [7, 11) is 0. The number of hydrogen-bond acceptors (Lipinski definition) is 4. The molecule has 2 atom stereocenters. The van der Waals surface area contributed by atoms with Crippen molar-refractivity contribution in [2.24, 2.45) is 0 Å². The van der Waals surface area contributed by atoms with Crippen LogP contribution in [-0.2, 0) is 11.3 Å². The van der Waals surface area contributed by atoms with Gasteiger partial charge in [-0.05, 0) is 70.0 Å². The maximum atomic E-state index is 12.7. The zero-order valence-electron chi connectivity index (χ0n) is 19.9. The number of para-hydroxylation sites is 2. The molecule has 0 spiro atoms. The molecule has 1 aliphatic rings. The Morgan fingerprint density at radius 2 is 1.88 bits per heavy atom. The van der Waals surface area contributed by atoms with Crippen molar-refractivity contribution in [3.63, 3.8) is 0 Å². The highest BCUT2D eigenvalue weighted by Gasteiger charge is 2.39. The molecule has 1 amide bonds. The van der Waals surface area contributed by atoms with Crippen molar-refractivity contribution in [3.05, 3.63) is 58.4 Å². The van der Waals surface area contributed by atoms with Crippen LogP contribution in [0, 0.1) is 13.8 Å². The van der Waals surface area contributed by atoms with Gasteiger partial charge in [0.15, 0.2) is 0 Å². The summed E-state index contributed by atoms with van der Waals surface area (Å²) >= 11 is 6.25. The molecule has 1 N–H and O–H groups in total. The highest BCUT2D eigenvalue weighted by atomic mass is 35.5. The normalized spacial score (nSPS) is 17.7. The molecule has 4 rings (SSSR count). The van der Waals surface area contributed by atoms with E-state index < -0.39 is 6.10 Å². The van der Waals surface area contributed by atoms with Gasteiger partial charge in [-0.3, -0.25) is 4.79 Å². The van der Waals surface area contributed by atoms with Crippen LogP contribution in [0.4, 0.5) is 0 Å². The maximum Gasteiger partial charge on any atom is 0.223 e. The van der Waals surface area contributed by atoms with Crippen molar-refractivity contribution in [2.75, 3.05) is 13.2 Å². The Morgan fingerprint density at radius 1 is 1.21 bits per heavy atom. The number of carbonyl (C=O) groups is 1. The Balaban J connectivity index is 1.55. The van der Waals surface area contributed by atoms with Crippen molar-refractivity contribution in [2.45, 2.75) is 65.1 Å². The van der Waals surface area contributed by atoms with E-state index in [9.17, 15) is 9.90 Å². The molecule has 176 valence electrons. The van der Waals surface area contributed by atoms with Gasteiger partial charge in [-0.1, -0.05) is 23.7 Å². The second kappa shape index (κ2) is 8.99. The Hall–Kier alpha value is -2.57. The number of aliphatic hydroxyl groups excluding tert-OH is 1. The molecule has 2 heterocycles. The fourth-order valence-electron chi connectivity index (χ4n) is 4.57. The molecule has 7 heteroatoms. The number of rotatable bonds is 6. The molecule has 33 heavy (non-hydrogen) atoms. The second-order valence-corrected chi connectivity index (χ2v) is 10.4. The number of carbonyl (C=O) groups excluding carboxylic acids is 1. The molecular weight excluding hydrogens is 438 g/mol. The average Bonchev–Trinajstić information content (AvgIpc) is 3.31. The van der Waals surface area contributed by atoms with Crippen LogP contribution in [0.5, 0.6) is 5.75 Å². The highest BCUT2D eigenvalue weighted by Crippen LogP contribution is 2.34. The van der Waals surface area contributed by atoms with Crippen LogP contribution in [-0.4, -0.2) is 50.3 Å². The fraction of sp³-hybridized carbons (Fsp3) is 0.462. The Kier molecular flexibility index (Phi) is 6.43. The van der Waals surface area contributed by atoms with E-state index in [-0.39, 0.29) is 24.0 Å². The minimum atomic E-state index is -0.742. The second-order valence-electron chi connectivity index (χ2n) is 9.98. The van der Waals surface area contributed by atoms with Crippen LogP contribution in [0.3, 0.4) is 0 Å². The van der Waals surface area contributed by atoms with Crippen LogP contribution < -0.4 is 4.74 Å². The number of nitrogens with zero attached hydrogens (tertiary/aromatic N) is 3. The number of benzene rings is 2. The number of aliphatic hydroxyl groups is 1. The van der Waals surface area contributed by atoms with Gasteiger partial charge in [-0.2, -0.15) is 0 Å². The van der Waals surface area contributed by atoms with Gasteiger partial charge >= 0.3 is 0 Å². The minimum Gasteiger partial charge on any atom is -0.491 e. The van der Waals surface area contributed by atoms with Gasteiger partial charge in [-0.25, -0.2) is 4.98 Å². The zero-order chi connectivity index (χ0) is 23.9. The first-order valence-corrected chi connectivity index (χ1v) is 11.8. The molecule has 3 aromatic rings. The van der Waals surface area contributed by atoms with E-state index in [1.54, 1.807) is 0 Å². The predicted octanol–water partition coefficient (Wildman–Crippen LogP) is 4.86. The van der Waals surface area contributed by atoms with Crippen molar-refractivity contribution >= 4 is 28.5 Å². The lowest BCUT2D eigenvalue weighted by molar-refractivity contribution is -0.131. The number of amides is 1. The van der Waals surface area contributed by atoms with E-state index in [2.05, 4.69) is 20.8 Å². The van der Waals surface area contributed by atoms with E-state index in [0.717, 1.165) is 33.0 Å². The molecule has 1 aromatic heterocycles. The summed E-state index contributed by atoms with van der Waals surface area (Å²) in [5.74, 6) is 1.65. The number of likely N-dealkylation sites (tertiary alicyclic amines) is 1. The standard InChI is InChI=1S/C26H32ClN3O3/c1-16-10-20(11-17(2)24(16)27)33-15-19(31)14-29-22-9-7-6-8-21(22)28-25(29)18-12-23(32)30(13-18)26(3,4)5/h6-11,18-19,31H,12-15H2,1-5H3/t18-,19+/m1/s1. The topological polar surface area (TPSA) is 67.6 Å². The van der Waals surface area contributed by atoms with Crippen LogP contribution in [0.25, 0.3) is 11.0 Å². The van der Waals surface area contributed by atoms with E-state index >= 15 is 0 Å². The van der Waals surface area contributed by atoms with Crippen LogP contribution in [0.2, 0.25) is 5.02 Å². The smallest absolute Gasteiger partial charge is 0.223 e. The van der Waals surface area contributed by atoms with E-state index in [4.69, 9.17) is 21.3 Å². The number of hydrogen-bond donors (Lipinski definition) is 1. The van der Waals surface area contributed by atoms with Crippen LogP contribution >= 0.6 is 11.6 Å². The summed E-state index contributed by atoms with van der Waals surface area (Å²) in [5.41, 5.74) is 3.47. The summed E-state index contributed by atoms with van der Waals surface area (Å²) in [6, 6.07) is 11.7. The van der Waals surface area contributed by atoms with E-state index in [0.29, 0.717) is 25.3 Å². The SMILES string of the molecule is Cc1cc(OC[C@@H](O)Cn2c([C@@H]3CC(=O)N(C(C)(C)C)C3)nc3ccccc32)cc(C)c1Cl. The van der Waals surface area contributed by atoms with Crippen molar-refractivity contribution in [1.82, 2.24) is 14.5 Å². The summed E-state index contributed by atoms with van der Waals surface area (Å²) in [6.07, 6.45) is -0.315. The van der Waals surface area contributed by atoms with Crippen molar-refractivity contribution < 1.29 is 14.6 Å². The molecule has 0 unspecified atom stereocenters. The molecule has 0 bridgehead atoms. The van der Waals surface area contributed by atoms with Crippen LogP contribution in [0.1, 0.15) is 50.1 Å². The molecule has 0 radical (unpaired) electrons. The third-order valence-electron chi connectivity index (χ3n) is 6.23. The molecular formula is C26H32ClN3O3. The summed E-state index contributed by atoms with van der Waals surface area (Å²) in [6.45, 7) is 11.1. The molecule has 6 nitrogen and oxygen atoms in total. The molecule has 1 aliphatic heterocycles. The van der Waals surface area contributed by atoms with Crippen molar-refractivity contribution in [1.29, 1.82) is 0 Å². The van der Waals surface area contributed by atoms with Crippen molar-refractivity contribution in [3.8, 4) is 5.75 Å². The van der Waals surface area contributed by atoms with Gasteiger partial charge in [0.25, 0.3) is 0 Å². The molecule has 0 aliphatic carbocycles. The Morgan fingerprint density at radius 3 is 2.52 bits per heavy atom. The Labute approximate surface area is 200 Å². The maximum absolute atomic E-state index is 12.7. The minimum absolute atomic E-state index is 0.0150. The number of ether oxygens (including phenoxy) is 1. The van der Waals surface area contributed by atoms with Gasteiger partial charge < -0.3 is 19.3 Å². The van der Waals surface area contributed by atoms with Gasteiger partial charge in [0.2, 0.25) is 5.91 Å². The third-order valence-corrected chi connectivity index (χ3v) is 6.83. The average molecular weight is 470 g/mol. The van der Waals surface area contributed by atoms with Gasteiger partial charge in [0, 0.05) is 29.4 Å². The van der Waals surface area contributed by atoms with Crippen LogP contribution in [0.15, 0.2) is 36.4 Å². The molecule has 2 aromatic carbocycles. The predicted molar refractivity (Wildman–Crippen MR) is 131 cm³/mol. The monoisotopic (exact) mass is 469 g/mol. The fourth-order valence-corrected chi connectivity index (χ4v) is 4.68. The summed E-state index contributed by atoms with van der Waals surface area (Å²) in [4.78, 5) is 19.5. The number of aromatic nitrogens is 2. The van der Waals surface area contributed by atoms with E-state index in [1.165, 1.54) is 0 Å². The first-order valence-electron chi connectivity index (χ1n) is 11.4. The van der Waals surface area contributed by atoms with Gasteiger partial charge in [0.05, 0.1) is 17.6 Å². The van der Waals surface area contributed by atoms with Gasteiger partial charge in [0.1, 0.15) is 24.3 Å². The quantitative estimate of drug-likeness (QED) is 0.559. The van der Waals surface area contributed by atoms with Gasteiger partial charge in [-0.15, -0.1) is 0 Å². The first-order chi connectivity index (χ1) is 15.5. The molecule has 1 fully saturated rings. The lowest BCUT2D eigenvalue weighted by Crippen LogP contribution is -2.42. The molecule has 0 saturated carbocycles. The molecule has 1 saturated heterocycles. The zero-order valence-corrected chi connectivity index (χ0v) is 20.7. The van der Waals surface area contributed by atoms with E-state index in [1.807, 2.05) is 59.7 Å². The number of aryl methyl sites for hydroxylation is 2. The number of halogens is 1. The third kappa shape index (κ3) is 4.87. The first kappa shape index (κ1) is 23.6.